The van der Waals surface area contributed by atoms with E-state index in [9.17, 15) is 13.2 Å². The Kier molecular flexibility index (Phi) is 4.03. The molecule has 1 aromatic carbocycles. The van der Waals surface area contributed by atoms with Crippen molar-refractivity contribution in [1.29, 1.82) is 0 Å². The summed E-state index contributed by atoms with van der Waals surface area (Å²) in [6, 6.07) is 5.21. The summed E-state index contributed by atoms with van der Waals surface area (Å²) in [5.74, 6) is 0. The van der Waals surface area contributed by atoms with Gasteiger partial charge in [-0.25, -0.2) is 0 Å². The molecule has 0 aromatic heterocycles. The smallest absolute Gasteiger partial charge is 0.383 e. The molecule has 0 aliphatic carbocycles. The number of hydrogen-bond donors (Lipinski definition) is 2. The summed E-state index contributed by atoms with van der Waals surface area (Å²) in [6.07, 6.45) is -4.30. The molecule has 0 bridgehead atoms. The van der Waals surface area contributed by atoms with Gasteiger partial charge in [0.05, 0.1) is 5.56 Å². The molecule has 1 aromatic rings. The highest BCUT2D eigenvalue weighted by molar-refractivity contribution is 5.46. The van der Waals surface area contributed by atoms with E-state index in [0.29, 0.717) is 12.2 Å². The molecule has 0 heterocycles. The van der Waals surface area contributed by atoms with E-state index in [1.54, 1.807) is 6.07 Å². The van der Waals surface area contributed by atoms with Crippen molar-refractivity contribution >= 4 is 5.69 Å². The van der Waals surface area contributed by atoms with Crippen LogP contribution >= 0.6 is 0 Å². The molecular weight excluding hydrogens is 229 g/mol. The van der Waals surface area contributed by atoms with E-state index in [4.69, 9.17) is 0 Å². The van der Waals surface area contributed by atoms with Gasteiger partial charge in [-0.15, -0.1) is 0 Å². The van der Waals surface area contributed by atoms with Gasteiger partial charge >= 0.3 is 6.18 Å². The number of likely N-dealkylation sites (N-methyl/N-ethyl adjacent to an activating group) is 1. The molecule has 0 saturated heterocycles. The second-order valence-corrected chi connectivity index (χ2v) is 4.57. The van der Waals surface area contributed by atoms with Gasteiger partial charge in [-0.05, 0) is 39.1 Å². The molecule has 0 amide bonds. The summed E-state index contributed by atoms with van der Waals surface area (Å²) in [5, 5.41) is 6.06. The number of benzene rings is 1. The highest BCUT2D eigenvalue weighted by Crippen LogP contribution is 2.30. The average Bonchev–Trinajstić information content (AvgIpc) is 2.26. The van der Waals surface area contributed by atoms with Crippen LogP contribution in [-0.2, 0) is 6.18 Å². The maximum Gasteiger partial charge on any atom is 0.416 e. The Bertz CT molecular complexity index is 372. The zero-order valence-electron chi connectivity index (χ0n) is 10.2. The van der Waals surface area contributed by atoms with Crippen LogP contribution in [0.2, 0.25) is 0 Å². The monoisotopic (exact) mass is 246 g/mol. The fourth-order valence-corrected chi connectivity index (χ4v) is 1.22. The molecule has 96 valence electrons. The zero-order chi connectivity index (χ0) is 13.1. The minimum Gasteiger partial charge on any atom is -0.383 e. The predicted octanol–water partition coefficient (Wildman–Crippen LogP) is 3.12. The predicted molar refractivity (Wildman–Crippen MR) is 63.1 cm³/mol. The van der Waals surface area contributed by atoms with Crippen LogP contribution in [0.1, 0.15) is 19.4 Å². The van der Waals surface area contributed by atoms with Gasteiger partial charge < -0.3 is 10.6 Å². The van der Waals surface area contributed by atoms with Crippen LogP contribution in [-0.4, -0.2) is 19.1 Å². The van der Waals surface area contributed by atoms with Crippen molar-refractivity contribution in [2.24, 2.45) is 0 Å². The highest BCUT2D eigenvalue weighted by atomic mass is 19.4. The van der Waals surface area contributed by atoms with Gasteiger partial charge in [0.25, 0.3) is 0 Å². The Hall–Kier alpha value is -1.23. The third kappa shape index (κ3) is 4.26. The van der Waals surface area contributed by atoms with E-state index in [1.165, 1.54) is 6.07 Å². The summed E-state index contributed by atoms with van der Waals surface area (Å²) in [7, 11) is 1.81. The Morgan fingerprint density at radius 1 is 1.18 bits per heavy atom. The summed E-state index contributed by atoms with van der Waals surface area (Å²) >= 11 is 0. The van der Waals surface area contributed by atoms with Gasteiger partial charge in [0, 0.05) is 17.8 Å². The molecule has 0 fully saturated rings. The van der Waals surface area contributed by atoms with Gasteiger partial charge in [-0.1, -0.05) is 6.07 Å². The van der Waals surface area contributed by atoms with Crippen LogP contribution in [0.25, 0.3) is 0 Å². The van der Waals surface area contributed by atoms with Crippen LogP contribution in [0.5, 0.6) is 0 Å². The third-order valence-corrected chi connectivity index (χ3v) is 2.60. The molecule has 0 spiro atoms. The molecule has 0 aliphatic heterocycles. The minimum atomic E-state index is -4.30. The second-order valence-electron chi connectivity index (χ2n) is 4.57. The van der Waals surface area contributed by atoms with Crippen molar-refractivity contribution in [2.75, 3.05) is 18.9 Å². The number of rotatable bonds is 4. The molecule has 2 nitrogen and oxygen atoms in total. The fourth-order valence-electron chi connectivity index (χ4n) is 1.22. The van der Waals surface area contributed by atoms with Crippen LogP contribution in [0, 0.1) is 0 Å². The quantitative estimate of drug-likeness (QED) is 0.853. The number of hydrogen-bond acceptors (Lipinski definition) is 2. The molecule has 0 unspecified atom stereocenters. The first kappa shape index (κ1) is 13.8. The van der Waals surface area contributed by atoms with Crippen molar-refractivity contribution in [1.82, 2.24) is 5.32 Å². The highest BCUT2D eigenvalue weighted by Gasteiger charge is 2.30. The minimum absolute atomic E-state index is 0.172. The molecule has 0 aliphatic rings. The summed E-state index contributed by atoms with van der Waals surface area (Å²) in [4.78, 5) is 0. The Morgan fingerprint density at radius 2 is 1.82 bits per heavy atom. The Balaban J connectivity index is 2.74. The van der Waals surface area contributed by atoms with E-state index in [0.717, 1.165) is 12.1 Å². The molecule has 1 rings (SSSR count). The molecular formula is C12H17F3N2. The van der Waals surface area contributed by atoms with Crippen molar-refractivity contribution in [3.05, 3.63) is 29.8 Å². The standard InChI is InChI=1S/C12H17F3N2/c1-11(2,16-3)8-17-10-6-4-5-9(7-10)12(13,14)15/h4-7,16-17H,8H2,1-3H3. The first-order valence-corrected chi connectivity index (χ1v) is 5.35. The third-order valence-electron chi connectivity index (χ3n) is 2.60. The van der Waals surface area contributed by atoms with Crippen molar-refractivity contribution in [3.63, 3.8) is 0 Å². The van der Waals surface area contributed by atoms with Crippen molar-refractivity contribution < 1.29 is 13.2 Å². The lowest BCUT2D eigenvalue weighted by Gasteiger charge is -2.25. The lowest BCUT2D eigenvalue weighted by atomic mass is 10.1. The Morgan fingerprint density at radius 3 is 2.35 bits per heavy atom. The van der Waals surface area contributed by atoms with E-state index in [1.807, 2.05) is 20.9 Å². The van der Waals surface area contributed by atoms with E-state index in [2.05, 4.69) is 10.6 Å². The summed E-state index contributed by atoms with van der Waals surface area (Å²) in [6.45, 7) is 4.48. The van der Waals surface area contributed by atoms with Crippen LogP contribution in [0.15, 0.2) is 24.3 Å². The lowest BCUT2D eigenvalue weighted by molar-refractivity contribution is -0.137. The molecule has 5 heteroatoms. The number of nitrogens with one attached hydrogen (secondary N) is 2. The Labute approximate surface area is 99.2 Å². The van der Waals surface area contributed by atoms with Gasteiger partial charge in [0.15, 0.2) is 0 Å². The second kappa shape index (κ2) is 4.96. The first-order chi connectivity index (χ1) is 7.74. The topological polar surface area (TPSA) is 24.1 Å². The lowest BCUT2D eigenvalue weighted by Crippen LogP contribution is -2.42. The largest absolute Gasteiger partial charge is 0.416 e. The fraction of sp³-hybridized carbons (Fsp3) is 0.500. The SMILES string of the molecule is CNC(C)(C)CNc1cccc(C(F)(F)F)c1. The van der Waals surface area contributed by atoms with Crippen LogP contribution in [0.3, 0.4) is 0 Å². The summed E-state index contributed by atoms with van der Waals surface area (Å²) < 4.78 is 37.4. The number of halogens is 3. The number of anilines is 1. The van der Waals surface area contributed by atoms with Crippen LogP contribution < -0.4 is 10.6 Å². The zero-order valence-corrected chi connectivity index (χ0v) is 10.2. The van der Waals surface area contributed by atoms with Gasteiger partial charge in [0.1, 0.15) is 0 Å². The number of alkyl halides is 3. The first-order valence-electron chi connectivity index (χ1n) is 5.35. The van der Waals surface area contributed by atoms with E-state index in [-0.39, 0.29) is 5.54 Å². The molecule has 2 N–H and O–H groups in total. The van der Waals surface area contributed by atoms with Crippen LogP contribution in [0.4, 0.5) is 18.9 Å². The van der Waals surface area contributed by atoms with E-state index >= 15 is 0 Å². The van der Waals surface area contributed by atoms with E-state index < -0.39 is 11.7 Å². The molecule has 0 saturated carbocycles. The van der Waals surface area contributed by atoms with Gasteiger partial charge in [-0.3, -0.25) is 0 Å². The summed E-state index contributed by atoms with van der Waals surface area (Å²) in [5.41, 5.74) is -0.332. The maximum absolute atomic E-state index is 12.5. The van der Waals surface area contributed by atoms with Gasteiger partial charge in [-0.2, -0.15) is 13.2 Å². The maximum atomic E-state index is 12.5. The van der Waals surface area contributed by atoms with Crippen molar-refractivity contribution in [3.8, 4) is 0 Å². The van der Waals surface area contributed by atoms with Gasteiger partial charge in [0.2, 0.25) is 0 Å². The molecule has 0 atom stereocenters. The van der Waals surface area contributed by atoms with Crippen molar-refractivity contribution in [2.45, 2.75) is 25.6 Å². The molecule has 0 radical (unpaired) electrons. The average molecular weight is 246 g/mol. The molecule has 17 heavy (non-hydrogen) atoms. The normalized spacial score (nSPS) is 12.6.